The fourth-order valence-electron chi connectivity index (χ4n) is 2.05. The molecule has 0 aliphatic rings. The van der Waals surface area contributed by atoms with Crippen molar-refractivity contribution in [1.82, 2.24) is 10.3 Å². The Balaban J connectivity index is 2.11. The van der Waals surface area contributed by atoms with Crippen LogP contribution in [0.4, 0.5) is 0 Å². The van der Waals surface area contributed by atoms with Crippen molar-refractivity contribution in [3.63, 3.8) is 0 Å². The zero-order chi connectivity index (χ0) is 13.5. The molecular weight excluding hydrogens is 256 g/mol. The lowest BCUT2D eigenvalue weighted by molar-refractivity contribution is 0.524. The van der Waals surface area contributed by atoms with E-state index < -0.39 is 0 Å². The molecule has 0 bridgehead atoms. The van der Waals surface area contributed by atoms with Gasteiger partial charge in [0.25, 0.3) is 0 Å². The normalized spacial score (nSPS) is 12.3. The summed E-state index contributed by atoms with van der Waals surface area (Å²) in [4.78, 5) is 4.38. The van der Waals surface area contributed by atoms with Crippen LogP contribution in [0.25, 0.3) is 0 Å². The van der Waals surface area contributed by atoms with E-state index in [2.05, 4.69) is 41.5 Å². The molecule has 19 heavy (non-hydrogen) atoms. The van der Waals surface area contributed by atoms with Gasteiger partial charge in [0.2, 0.25) is 0 Å². The Morgan fingerprint density at radius 2 is 1.95 bits per heavy atom. The van der Waals surface area contributed by atoms with Gasteiger partial charge in [-0.15, -0.1) is 0 Å². The minimum absolute atomic E-state index is 0.301. The molecule has 0 fully saturated rings. The standard InChI is InChI=1S/C16H19ClN2/c1-2-10-18-16(13-6-4-3-5-7-13)11-15-9-8-14(17)12-19-15/h3-9,12,16,18H,2,10-11H2,1H3. The quantitative estimate of drug-likeness (QED) is 0.861. The minimum Gasteiger partial charge on any atom is -0.310 e. The SMILES string of the molecule is CCCNC(Cc1ccc(Cl)cn1)c1ccccc1. The van der Waals surface area contributed by atoms with E-state index >= 15 is 0 Å². The van der Waals surface area contributed by atoms with Crippen molar-refractivity contribution in [3.8, 4) is 0 Å². The van der Waals surface area contributed by atoms with Gasteiger partial charge in [0, 0.05) is 24.4 Å². The second-order valence-corrected chi connectivity index (χ2v) is 5.03. The maximum Gasteiger partial charge on any atom is 0.0589 e. The maximum absolute atomic E-state index is 5.87. The van der Waals surface area contributed by atoms with Crippen molar-refractivity contribution in [3.05, 3.63) is 64.9 Å². The maximum atomic E-state index is 5.87. The number of rotatable bonds is 6. The summed E-state index contributed by atoms with van der Waals surface area (Å²) in [6.07, 6.45) is 3.71. The summed E-state index contributed by atoms with van der Waals surface area (Å²) in [5.41, 5.74) is 2.36. The van der Waals surface area contributed by atoms with E-state index in [0.29, 0.717) is 11.1 Å². The molecule has 2 nitrogen and oxygen atoms in total. The Labute approximate surface area is 119 Å². The molecule has 0 aliphatic heterocycles. The summed E-state index contributed by atoms with van der Waals surface area (Å²) in [6.45, 7) is 3.18. The van der Waals surface area contributed by atoms with Gasteiger partial charge in [-0.25, -0.2) is 0 Å². The lowest BCUT2D eigenvalue weighted by atomic mass is 10.0. The lowest BCUT2D eigenvalue weighted by Gasteiger charge is -2.18. The minimum atomic E-state index is 0.301. The highest BCUT2D eigenvalue weighted by molar-refractivity contribution is 6.30. The summed E-state index contributed by atoms with van der Waals surface area (Å²) < 4.78 is 0. The van der Waals surface area contributed by atoms with Crippen LogP contribution in [0.1, 0.15) is 30.6 Å². The van der Waals surface area contributed by atoms with Crippen LogP contribution in [0, 0.1) is 0 Å². The highest BCUT2D eigenvalue weighted by Gasteiger charge is 2.11. The molecule has 1 atom stereocenters. The van der Waals surface area contributed by atoms with Crippen LogP contribution in [0.15, 0.2) is 48.7 Å². The molecule has 0 aliphatic carbocycles. The van der Waals surface area contributed by atoms with Gasteiger partial charge in [-0.2, -0.15) is 0 Å². The molecule has 1 N–H and O–H groups in total. The van der Waals surface area contributed by atoms with Crippen molar-refractivity contribution in [2.24, 2.45) is 0 Å². The molecule has 1 heterocycles. The molecule has 0 amide bonds. The number of halogens is 1. The first kappa shape index (κ1) is 14.0. The fraction of sp³-hybridized carbons (Fsp3) is 0.312. The van der Waals surface area contributed by atoms with Crippen molar-refractivity contribution >= 4 is 11.6 Å². The van der Waals surface area contributed by atoms with E-state index in [1.165, 1.54) is 5.56 Å². The van der Waals surface area contributed by atoms with Crippen LogP contribution in [-0.4, -0.2) is 11.5 Å². The lowest BCUT2D eigenvalue weighted by Crippen LogP contribution is -2.24. The predicted molar refractivity (Wildman–Crippen MR) is 80.4 cm³/mol. The van der Waals surface area contributed by atoms with Gasteiger partial charge in [0.05, 0.1) is 5.02 Å². The zero-order valence-corrected chi connectivity index (χ0v) is 11.9. The smallest absolute Gasteiger partial charge is 0.0589 e. The van der Waals surface area contributed by atoms with Gasteiger partial charge in [-0.1, -0.05) is 48.9 Å². The highest BCUT2D eigenvalue weighted by Crippen LogP contribution is 2.18. The van der Waals surface area contributed by atoms with E-state index in [1.807, 2.05) is 18.2 Å². The molecule has 3 heteroatoms. The molecule has 1 aromatic carbocycles. The second kappa shape index (κ2) is 7.27. The Bertz CT molecular complexity index is 482. The van der Waals surface area contributed by atoms with E-state index in [1.54, 1.807) is 6.20 Å². The summed E-state index contributed by atoms with van der Waals surface area (Å²) in [7, 11) is 0. The monoisotopic (exact) mass is 274 g/mol. The number of aromatic nitrogens is 1. The van der Waals surface area contributed by atoms with Crippen molar-refractivity contribution in [2.45, 2.75) is 25.8 Å². The Hall–Kier alpha value is -1.38. The number of nitrogens with one attached hydrogen (secondary N) is 1. The molecule has 0 spiro atoms. The first-order chi connectivity index (χ1) is 9.29. The molecule has 2 aromatic rings. The fourth-order valence-corrected chi connectivity index (χ4v) is 2.16. The molecule has 2 rings (SSSR count). The summed E-state index contributed by atoms with van der Waals surface area (Å²) in [5.74, 6) is 0. The first-order valence-electron chi connectivity index (χ1n) is 6.68. The van der Waals surface area contributed by atoms with Crippen LogP contribution in [0.2, 0.25) is 5.02 Å². The number of hydrogen-bond donors (Lipinski definition) is 1. The third-order valence-electron chi connectivity index (χ3n) is 3.04. The number of pyridine rings is 1. The number of hydrogen-bond acceptors (Lipinski definition) is 2. The topological polar surface area (TPSA) is 24.9 Å². The third-order valence-corrected chi connectivity index (χ3v) is 3.27. The molecule has 1 unspecified atom stereocenters. The van der Waals surface area contributed by atoms with E-state index in [0.717, 1.165) is 25.1 Å². The molecular formula is C16H19ClN2. The van der Waals surface area contributed by atoms with Crippen LogP contribution >= 0.6 is 11.6 Å². The van der Waals surface area contributed by atoms with Gasteiger partial charge >= 0.3 is 0 Å². The average molecular weight is 275 g/mol. The van der Waals surface area contributed by atoms with E-state index in [-0.39, 0.29) is 0 Å². The Kier molecular flexibility index (Phi) is 5.37. The Morgan fingerprint density at radius 1 is 1.16 bits per heavy atom. The van der Waals surface area contributed by atoms with Crippen molar-refractivity contribution in [1.29, 1.82) is 0 Å². The van der Waals surface area contributed by atoms with Gasteiger partial charge < -0.3 is 5.32 Å². The van der Waals surface area contributed by atoms with Gasteiger partial charge in [0.15, 0.2) is 0 Å². The second-order valence-electron chi connectivity index (χ2n) is 4.59. The molecule has 1 aromatic heterocycles. The van der Waals surface area contributed by atoms with E-state index in [9.17, 15) is 0 Å². The van der Waals surface area contributed by atoms with Crippen molar-refractivity contribution in [2.75, 3.05) is 6.54 Å². The van der Waals surface area contributed by atoms with Crippen molar-refractivity contribution < 1.29 is 0 Å². The van der Waals surface area contributed by atoms with Crippen LogP contribution in [0.3, 0.4) is 0 Å². The molecule has 0 radical (unpaired) electrons. The molecule has 0 saturated heterocycles. The number of benzene rings is 1. The average Bonchev–Trinajstić information content (AvgIpc) is 2.46. The summed E-state index contributed by atoms with van der Waals surface area (Å²) in [6, 6.07) is 14.7. The largest absolute Gasteiger partial charge is 0.310 e. The third kappa shape index (κ3) is 4.34. The van der Waals surface area contributed by atoms with Crippen LogP contribution < -0.4 is 5.32 Å². The van der Waals surface area contributed by atoms with Crippen LogP contribution in [-0.2, 0) is 6.42 Å². The number of nitrogens with zero attached hydrogens (tertiary/aromatic N) is 1. The Morgan fingerprint density at radius 3 is 2.58 bits per heavy atom. The van der Waals surface area contributed by atoms with Gasteiger partial charge in [-0.3, -0.25) is 4.98 Å². The first-order valence-corrected chi connectivity index (χ1v) is 7.06. The zero-order valence-electron chi connectivity index (χ0n) is 11.1. The van der Waals surface area contributed by atoms with Gasteiger partial charge in [0.1, 0.15) is 0 Å². The summed E-state index contributed by atoms with van der Waals surface area (Å²) in [5, 5.41) is 4.26. The molecule has 100 valence electrons. The van der Waals surface area contributed by atoms with Gasteiger partial charge in [-0.05, 0) is 30.7 Å². The van der Waals surface area contributed by atoms with Crippen LogP contribution in [0.5, 0.6) is 0 Å². The predicted octanol–water partition coefficient (Wildman–Crippen LogP) is 4.02. The van der Waals surface area contributed by atoms with E-state index in [4.69, 9.17) is 11.6 Å². The molecule has 0 saturated carbocycles. The summed E-state index contributed by atoms with van der Waals surface area (Å²) >= 11 is 5.87. The highest BCUT2D eigenvalue weighted by atomic mass is 35.5.